The number of benzene rings is 9. The number of aromatic nitrogens is 1. The number of hydrogen-bond donors (Lipinski definition) is 0. The molecular formula is C58H40N2. The summed E-state index contributed by atoms with van der Waals surface area (Å²) in [5.74, 6) is 0.958. The van der Waals surface area contributed by atoms with E-state index < -0.39 is 0 Å². The van der Waals surface area contributed by atoms with E-state index in [9.17, 15) is 0 Å². The van der Waals surface area contributed by atoms with Crippen LogP contribution in [0.5, 0.6) is 0 Å². The fourth-order valence-electron chi connectivity index (χ4n) is 9.57. The van der Waals surface area contributed by atoms with Gasteiger partial charge < -0.3 is 9.47 Å². The third-order valence-electron chi connectivity index (χ3n) is 12.6. The van der Waals surface area contributed by atoms with Gasteiger partial charge in [0.05, 0.1) is 11.0 Å². The second-order valence-electron chi connectivity index (χ2n) is 16.1. The van der Waals surface area contributed by atoms with Crippen LogP contribution in [0.15, 0.2) is 242 Å². The van der Waals surface area contributed by atoms with Gasteiger partial charge >= 0.3 is 0 Å². The molecule has 10 aromatic rings. The number of rotatable bonds is 8. The zero-order valence-corrected chi connectivity index (χ0v) is 33.0. The molecule has 1 aromatic heterocycles. The van der Waals surface area contributed by atoms with E-state index in [1.54, 1.807) is 0 Å². The summed E-state index contributed by atoms with van der Waals surface area (Å²) < 4.78 is 2.40. The number of allylic oxidation sites excluding steroid dienone is 3. The number of anilines is 2. The highest BCUT2D eigenvalue weighted by Gasteiger charge is 2.47. The van der Waals surface area contributed by atoms with Gasteiger partial charge in [-0.3, -0.25) is 0 Å². The van der Waals surface area contributed by atoms with E-state index >= 15 is 0 Å². The normalized spacial score (nSPS) is 15.5. The van der Waals surface area contributed by atoms with Gasteiger partial charge in [0.15, 0.2) is 0 Å². The van der Waals surface area contributed by atoms with Crippen LogP contribution in [0, 0.1) is 5.92 Å². The molecule has 1 saturated carbocycles. The Morgan fingerprint density at radius 1 is 0.383 bits per heavy atom. The lowest BCUT2D eigenvalue weighted by Crippen LogP contribution is -2.15. The summed E-state index contributed by atoms with van der Waals surface area (Å²) in [5.41, 5.74) is 17.3. The standard InChI is InChI=1S/C58H40N2/c1-3-11-39(12-4-1)41-21-28-48(29-22-41)59(51-37-54-55(38-51)58(54)44-14-5-2-6-15-44)49-30-23-43(24-31-49)47-27-34-57-53(36-47)52-17-9-10-18-56(52)60(57)50-32-25-42(26-33-50)46-20-19-40-13-7-8-16-45(40)35-46/h1-38,54,58H. The van der Waals surface area contributed by atoms with Gasteiger partial charge in [-0.2, -0.15) is 0 Å². The van der Waals surface area contributed by atoms with Gasteiger partial charge in [-0.15, -0.1) is 0 Å². The van der Waals surface area contributed by atoms with Crippen molar-refractivity contribution in [2.45, 2.75) is 5.92 Å². The van der Waals surface area contributed by atoms with Gasteiger partial charge in [0, 0.05) is 45.4 Å². The molecule has 2 nitrogen and oxygen atoms in total. The summed E-state index contributed by atoms with van der Waals surface area (Å²) >= 11 is 0. The largest absolute Gasteiger partial charge is 0.311 e. The molecule has 0 spiro atoms. The Hall–Kier alpha value is -7.68. The van der Waals surface area contributed by atoms with E-state index in [2.05, 4.69) is 240 Å². The SMILES string of the molecule is C1=C2C(C=C1N(c1ccc(-c3ccccc3)cc1)c1ccc(-c3ccc4c(c3)c3ccccc3n4-c3ccc(-c4ccc5ccccc5c4)cc3)cc1)C2c1ccccc1. The molecular weight excluding hydrogens is 725 g/mol. The number of para-hydroxylation sites is 1. The molecule has 2 aliphatic carbocycles. The third kappa shape index (κ3) is 5.88. The number of hydrogen-bond acceptors (Lipinski definition) is 1. The van der Waals surface area contributed by atoms with Crippen molar-refractivity contribution in [2.24, 2.45) is 5.92 Å². The monoisotopic (exact) mass is 764 g/mol. The smallest absolute Gasteiger partial charge is 0.0541 e. The first-order valence-corrected chi connectivity index (χ1v) is 20.9. The van der Waals surface area contributed by atoms with Gasteiger partial charge in [0.25, 0.3) is 0 Å². The summed E-state index contributed by atoms with van der Waals surface area (Å²) in [5, 5.41) is 5.03. The molecule has 9 aromatic carbocycles. The average Bonchev–Trinajstić information content (AvgIpc) is 3.64. The van der Waals surface area contributed by atoms with Crippen LogP contribution in [0.4, 0.5) is 11.4 Å². The van der Waals surface area contributed by atoms with Crippen LogP contribution < -0.4 is 4.90 Å². The molecule has 1 heterocycles. The van der Waals surface area contributed by atoms with Crippen LogP contribution in [0.25, 0.3) is 71.6 Å². The minimum absolute atomic E-state index is 0.462. The molecule has 0 radical (unpaired) electrons. The second-order valence-corrected chi connectivity index (χ2v) is 16.1. The summed E-state index contributed by atoms with van der Waals surface area (Å²) in [6.07, 6.45) is 4.88. The van der Waals surface area contributed by atoms with Crippen molar-refractivity contribution in [3.8, 4) is 39.1 Å². The molecule has 2 aliphatic rings. The predicted octanol–water partition coefficient (Wildman–Crippen LogP) is 15.3. The maximum Gasteiger partial charge on any atom is 0.0541 e. The molecule has 1 fully saturated rings. The Labute approximate surface area is 350 Å². The van der Waals surface area contributed by atoms with Crippen LogP contribution in [0.3, 0.4) is 0 Å². The number of fused-ring (bicyclic) bond motifs is 5. The lowest BCUT2D eigenvalue weighted by Gasteiger charge is -2.26. The first-order valence-electron chi connectivity index (χ1n) is 20.9. The Morgan fingerprint density at radius 3 is 1.62 bits per heavy atom. The quantitative estimate of drug-likeness (QED) is 0.150. The predicted molar refractivity (Wildman–Crippen MR) is 252 cm³/mol. The van der Waals surface area contributed by atoms with Crippen molar-refractivity contribution in [1.82, 2.24) is 4.57 Å². The fraction of sp³-hybridized carbons (Fsp3) is 0.0345. The molecule has 0 N–H and O–H groups in total. The highest BCUT2D eigenvalue weighted by atomic mass is 15.1. The number of nitrogens with zero attached hydrogens (tertiary/aromatic N) is 2. The van der Waals surface area contributed by atoms with E-state index in [1.165, 1.54) is 82.8 Å². The summed E-state index contributed by atoms with van der Waals surface area (Å²) in [7, 11) is 0. The van der Waals surface area contributed by atoms with Crippen molar-refractivity contribution in [3.63, 3.8) is 0 Å². The molecule has 0 aliphatic heterocycles. The third-order valence-corrected chi connectivity index (χ3v) is 12.6. The molecule has 2 unspecified atom stereocenters. The summed E-state index contributed by atoms with van der Waals surface area (Å²) in [6.45, 7) is 0. The van der Waals surface area contributed by atoms with E-state index in [0.29, 0.717) is 11.8 Å². The van der Waals surface area contributed by atoms with Crippen molar-refractivity contribution >= 4 is 44.0 Å². The minimum Gasteiger partial charge on any atom is -0.311 e. The topological polar surface area (TPSA) is 8.17 Å². The Bertz CT molecular complexity index is 3280. The summed E-state index contributed by atoms with van der Waals surface area (Å²) in [4.78, 5) is 2.42. The van der Waals surface area contributed by atoms with Crippen LogP contribution in [0.1, 0.15) is 11.5 Å². The van der Waals surface area contributed by atoms with Crippen molar-refractivity contribution in [2.75, 3.05) is 4.90 Å². The van der Waals surface area contributed by atoms with Gasteiger partial charge in [-0.25, -0.2) is 0 Å². The molecule has 12 rings (SSSR count). The van der Waals surface area contributed by atoms with Gasteiger partial charge in [-0.05, 0) is 116 Å². The van der Waals surface area contributed by atoms with Gasteiger partial charge in [-0.1, -0.05) is 169 Å². The van der Waals surface area contributed by atoms with Gasteiger partial charge in [0.1, 0.15) is 0 Å². The maximum absolute atomic E-state index is 2.46. The Kier molecular flexibility index (Phi) is 8.02. The maximum atomic E-state index is 2.46. The Balaban J connectivity index is 0.877. The van der Waals surface area contributed by atoms with Crippen molar-refractivity contribution in [1.29, 1.82) is 0 Å². The highest BCUT2D eigenvalue weighted by molar-refractivity contribution is 6.10. The molecule has 2 atom stereocenters. The van der Waals surface area contributed by atoms with Gasteiger partial charge in [0.2, 0.25) is 0 Å². The molecule has 0 bridgehead atoms. The van der Waals surface area contributed by atoms with Crippen LogP contribution >= 0.6 is 0 Å². The zero-order valence-electron chi connectivity index (χ0n) is 33.0. The Morgan fingerprint density at radius 2 is 0.917 bits per heavy atom. The van der Waals surface area contributed by atoms with Crippen molar-refractivity contribution in [3.05, 3.63) is 247 Å². The molecule has 0 saturated heterocycles. The highest BCUT2D eigenvalue weighted by Crippen LogP contribution is 2.59. The summed E-state index contributed by atoms with van der Waals surface area (Å²) in [6, 6.07) is 79.7. The van der Waals surface area contributed by atoms with E-state index in [-0.39, 0.29) is 0 Å². The molecule has 0 amide bonds. The molecule has 2 heteroatoms. The van der Waals surface area contributed by atoms with Crippen LogP contribution in [-0.2, 0) is 0 Å². The second kappa shape index (κ2) is 14.0. The zero-order chi connectivity index (χ0) is 39.6. The lowest BCUT2D eigenvalue weighted by atomic mass is 10.0. The lowest BCUT2D eigenvalue weighted by molar-refractivity contribution is 0.994. The first-order chi connectivity index (χ1) is 29.7. The van der Waals surface area contributed by atoms with E-state index in [0.717, 1.165) is 17.1 Å². The fourth-order valence-corrected chi connectivity index (χ4v) is 9.57. The average molecular weight is 765 g/mol. The van der Waals surface area contributed by atoms with E-state index in [4.69, 9.17) is 0 Å². The minimum atomic E-state index is 0.462. The van der Waals surface area contributed by atoms with E-state index in [1.807, 2.05) is 0 Å². The van der Waals surface area contributed by atoms with Crippen molar-refractivity contribution < 1.29 is 0 Å². The first kappa shape index (κ1) is 34.4. The van der Waals surface area contributed by atoms with Crippen LogP contribution in [-0.4, -0.2) is 4.57 Å². The van der Waals surface area contributed by atoms with Crippen LogP contribution in [0.2, 0.25) is 0 Å². The molecule has 60 heavy (non-hydrogen) atoms. The molecule has 282 valence electrons.